The number of anilines is 1. The lowest BCUT2D eigenvalue weighted by atomic mass is 9.73. The van der Waals surface area contributed by atoms with Crippen molar-refractivity contribution in [2.75, 3.05) is 24.6 Å². The zero-order valence-corrected chi connectivity index (χ0v) is 18.2. The number of aryl methyl sites for hydroxylation is 1. The molecule has 0 bridgehead atoms. The Bertz CT molecular complexity index is 1200. The van der Waals surface area contributed by atoms with Gasteiger partial charge in [-0.25, -0.2) is 4.98 Å². The Morgan fingerprint density at radius 3 is 2.52 bits per heavy atom. The van der Waals surface area contributed by atoms with Gasteiger partial charge in [0.2, 0.25) is 0 Å². The van der Waals surface area contributed by atoms with E-state index in [1.807, 2.05) is 32.0 Å². The van der Waals surface area contributed by atoms with Crippen LogP contribution in [0.3, 0.4) is 0 Å². The van der Waals surface area contributed by atoms with E-state index in [1.54, 1.807) is 17.0 Å². The number of rotatable bonds is 2. The number of nitrogens with two attached hydrogens (primary N) is 1. The summed E-state index contributed by atoms with van der Waals surface area (Å²) in [6.07, 6.45) is 5.31. The van der Waals surface area contributed by atoms with Crippen LogP contribution in [0, 0.1) is 19.3 Å². The molecule has 2 aliphatic heterocycles. The summed E-state index contributed by atoms with van der Waals surface area (Å²) < 4.78 is 7.49. The first-order chi connectivity index (χ1) is 14.9. The van der Waals surface area contributed by atoms with Crippen LogP contribution in [0.1, 0.15) is 31.2 Å². The molecule has 31 heavy (non-hydrogen) atoms. The van der Waals surface area contributed by atoms with Crippen molar-refractivity contribution in [2.45, 2.75) is 45.8 Å². The molecule has 2 atom stereocenters. The fourth-order valence-corrected chi connectivity index (χ4v) is 5.04. The Morgan fingerprint density at radius 2 is 1.84 bits per heavy atom. The van der Waals surface area contributed by atoms with Gasteiger partial charge in [-0.3, -0.25) is 19.3 Å². The van der Waals surface area contributed by atoms with E-state index in [-0.39, 0.29) is 23.1 Å². The lowest BCUT2D eigenvalue weighted by Crippen LogP contribution is -2.51. The van der Waals surface area contributed by atoms with Crippen molar-refractivity contribution in [2.24, 2.45) is 11.1 Å². The Balaban J connectivity index is 1.46. The van der Waals surface area contributed by atoms with Crippen LogP contribution < -0.4 is 16.2 Å². The van der Waals surface area contributed by atoms with Crippen LogP contribution in [0.5, 0.6) is 0 Å². The van der Waals surface area contributed by atoms with Crippen LogP contribution in [-0.2, 0) is 4.74 Å². The predicted octanol–water partition coefficient (Wildman–Crippen LogP) is 2.13. The first-order valence-electron chi connectivity index (χ1n) is 10.8. The van der Waals surface area contributed by atoms with Crippen LogP contribution in [-0.4, -0.2) is 51.4 Å². The lowest BCUT2D eigenvalue weighted by Gasteiger charge is -2.42. The number of piperidine rings is 1. The maximum absolute atomic E-state index is 13.4. The van der Waals surface area contributed by atoms with Crippen molar-refractivity contribution in [3.05, 3.63) is 52.3 Å². The summed E-state index contributed by atoms with van der Waals surface area (Å²) in [5.74, 6) is 1.43. The van der Waals surface area contributed by atoms with Gasteiger partial charge in [-0.05, 0) is 51.8 Å². The van der Waals surface area contributed by atoms with Gasteiger partial charge < -0.3 is 15.4 Å². The molecule has 3 aromatic rings. The lowest BCUT2D eigenvalue weighted by molar-refractivity contribution is 0.0974. The van der Waals surface area contributed by atoms with Crippen molar-refractivity contribution < 1.29 is 4.74 Å². The number of ether oxygens (including phenoxy) is 1. The average molecular weight is 421 g/mol. The molecule has 0 aliphatic carbocycles. The minimum Gasteiger partial charge on any atom is -0.376 e. The standard InChI is InChI=1S/C23H28N6O2/c1-14-21(28-10-6-23(7-11-28)13-31-15(2)20(23)24)27-16(3)29(22(14)30)17-4-5-18-19(12-17)26-9-8-25-18/h4-5,8-9,12,15,20H,6-7,10-11,13,24H2,1-3H3/t15-,20+/m0/s1. The number of aromatic nitrogens is 4. The van der Waals surface area contributed by atoms with E-state index in [9.17, 15) is 4.79 Å². The second kappa shape index (κ2) is 7.39. The molecule has 0 amide bonds. The smallest absolute Gasteiger partial charge is 0.263 e. The van der Waals surface area contributed by atoms with Crippen molar-refractivity contribution >= 4 is 16.9 Å². The monoisotopic (exact) mass is 420 g/mol. The molecule has 2 saturated heterocycles. The van der Waals surface area contributed by atoms with Gasteiger partial charge in [0.1, 0.15) is 11.6 Å². The normalized spacial score (nSPS) is 23.0. The largest absolute Gasteiger partial charge is 0.376 e. The molecule has 0 unspecified atom stereocenters. The number of hydrogen-bond acceptors (Lipinski definition) is 7. The third-order valence-corrected chi connectivity index (χ3v) is 7.07. The third-order valence-electron chi connectivity index (χ3n) is 7.07. The summed E-state index contributed by atoms with van der Waals surface area (Å²) in [5.41, 5.74) is 9.38. The van der Waals surface area contributed by atoms with Gasteiger partial charge in [0.25, 0.3) is 5.56 Å². The first-order valence-corrected chi connectivity index (χ1v) is 10.8. The molecule has 2 fully saturated rings. The summed E-state index contributed by atoms with van der Waals surface area (Å²) >= 11 is 0. The number of hydrogen-bond donors (Lipinski definition) is 1. The summed E-state index contributed by atoms with van der Waals surface area (Å²) in [4.78, 5) is 29.1. The Kier molecular flexibility index (Phi) is 4.79. The van der Waals surface area contributed by atoms with Crippen molar-refractivity contribution in [1.82, 2.24) is 19.5 Å². The summed E-state index contributed by atoms with van der Waals surface area (Å²) in [7, 11) is 0. The second-order valence-electron chi connectivity index (χ2n) is 8.87. The molecule has 0 radical (unpaired) electrons. The Hall–Kier alpha value is -2.84. The summed E-state index contributed by atoms with van der Waals surface area (Å²) in [6, 6.07) is 5.71. The highest BCUT2D eigenvalue weighted by Crippen LogP contribution is 2.41. The topological polar surface area (TPSA) is 99.2 Å². The molecule has 8 heteroatoms. The minimum atomic E-state index is -0.0550. The zero-order valence-electron chi connectivity index (χ0n) is 18.2. The fourth-order valence-electron chi connectivity index (χ4n) is 5.04. The van der Waals surface area contributed by atoms with Gasteiger partial charge in [-0.2, -0.15) is 0 Å². The zero-order chi connectivity index (χ0) is 21.8. The molecular formula is C23H28N6O2. The van der Waals surface area contributed by atoms with E-state index < -0.39 is 0 Å². The molecule has 162 valence electrons. The van der Waals surface area contributed by atoms with Gasteiger partial charge in [0.05, 0.1) is 35.0 Å². The second-order valence-corrected chi connectivity index (χ2v) is 8.87. The molecule has 2 aromatic heterocycles. The van der Waals surface area contributed by atoms with E-state index in [2.05, 4.69) is 21.8 Å². The highest BCUT2D eigenvalue weighted by Gasteiger charge is 2.47. The minimum absolute atomic E-state index is 0.0416. The fraction of sp³-hybridized carbons (Fsp3) is 0.478. The van der Waals surface area contributed by atoms with Gasteiger partial charge in [0.15, 0.2) is 0 Å². The van der Waals surface area contributed by atoms with Crippen LogP contribution >= 0.6 is 0 Å². The molecule has 0 saturated carbocycles. The van der Waals surface area contributed by atoms with Crippen LogP contribution in [0.25, 0.3) is 16.7 Å². The van der Waals surface area contributed by atoms with Crippen molar-refractivity contribution in [3.63, 3.8) is 0 Å². The Morgan fingerprint density at radius 1 is 1.13 bits per heavy atom. The Labute approximate surface area is 181 Å². The molecule has 5 rings (SSSR count). The molecule has 1 aromatic carbocycles. The van der Waals surface area contributed by atoms with Crippen LogP contribution in [0.15, 0.2) is 35.4 Å². The average Bonchev–Trinajstić information content (AvgIpc) is 3.05. The SMILES string of the molecule is Cc1c(N2CCC3(CC2)CO[C@@H](C)[C@H]3N)nc(C)n(-c2ccc3nccnc3c2)c1=O. The van der Waals surface area contributed by atoms with Gasteiger partial charge in [-0.15, -0.1) is 0 Å². The summed E-state index contributed by atoms with van der Waals surface area (Å²) in [6.45, 7) is 8.16. The quantitative estimate of drug-likeness (QED) is 0.678. The molecular weight excluding hydrogens is 392 g/mol. The van der Waals surface area contributed by atoms with E-state index in [4.69, 9.17) is 15.5 Å². The molecule has 8 nitrogen and oxygen atoms in total. The van der Waals surface area contributed by atoms with E-state index in [1.165, 1.54) is 0 Å². The molecule has 4 heterocycles. The van der Waals surface area contributed by atoms with E-state index in [0.29, 0.717) is 11.4 Å². The number of benzene rings is 1. The summed E-state index contributed by atoms with van der Waals surface area (Å²) in [5, 5.41) is 0. The van der Waals surface area contributed by atoms with Crippen molar-refractivity contribution in [1.29, 1.82) is 0 Å². The van der Waals surface area contributed by atoms with Gasteiger partial charge in [0, 0.05) is 36.9 Å². The predicted molar refractivity (Wildman–Crippen MR) is 120 cm³/mol. The highest BCUT2D eigenvalue weighted by atomic mass is 16.5. The van der Waals surface area contributed by atoms with Gasteiger partial charge in [-0.1, -0.05) is 0 Å². The number of nitrogens with zero attached hydrogens (tertiary/aromatic N) is 5. The van der Waals surface area contributed by atoms with E-state index in [0.717, 1.165) is 55.1 Å². The molecule has 2 N–H and O–H groups in total. The highest BCUT2D eigenvalue weighted by molar-refractivity contribution is 5.76. The van der Waals surface area contributed by atoms with Crippen LogP contribution in [0.4, 0.5) is 5.82 Å². The maximum atomic E-state index is 13.4. The van der Waals surface area contributed by atoms with Crippen LogP contribution in [0.2, 0.25) is 0 Å². The van der Waals surface area contributed by atoms with Crippen molar-refractivity contribution in [3.8, 4) is 5.69 Å². The van der Waals surface area contributed by atoms with Gasteiger partial charge >= 0.3 is 0 Å². The first kappa shape index (κ1) is 20.1. The molecule has 2 aliphatic rings. The van der Waals surface area contributed by atoms with E-state index >= 15 is 0 Å². The third kappa shape index (κ3) is 3.21. The number of fused-ring (bicyclic) bond motifs is 1. The maximum Gasteiger partial charge on any atom is 0.263 e. The molecule has 1 spiro atoms.